The molecule has 1 atom stereocenters. The normalized spacial score (nSPS) is 21.2. The highest BCUT2D eigenvalue weighted by Gasteiger charge is 2.69. The van der Waals surface area contributed by atoms with Gasteiger partial charge in [0.2, 0.25) is 0 Å². The van der Waals surface area contributed by atoms with Gasteiger partial charge in [0.05, 0.1) is 0 Å². The van der Waals surface area contributed by atoms with Gasteiger partial charge in [-0.15, -0.1) is 23.2 Å². The fraction of sp³-hybridized carbons (Fsp3) is 0.400. The largest absolute Gasteiger partial charge is 0.455 e. The van der Waals surface area contributed by atoms with Gasteiger partial charge in [0, 0.05) is 13.0 Å². The molecule has 23 heavy (non-hydrogen) atoms. The van der Waals surface area contributed by atoms with Gasteiger partial charge in [-0.3, -0.25) is 14.9 Å². The Hall–Kier alpha value is -1.79. The Kier molecular flexibility index (Phi) is 5.16. The van der Waals surface area contributed by atoms with E-state index in [1.807, 2.05) is 30.3 Å². The maximum atomic E-state index is 11.8. The van der Waals surface area contributed by atoms with E-state index in [4.69, 9.17) is 27.9 Å². The van der Waals surface area contributed by atoms with Crippen molar-refractivity contribution < 1.29 is 19.1 Å². The minimum Gasteiger partial charge on any atom is -0.455 e. The van der Waals surface area contributed by atoms with Crippen molar-refractivity contribution in [1.82, 2.24) is 10.6 Å². The molecule has 2 N–H and O–H groups in total. The number of esters is 1. The predicted octanol–water partition coefficient (Wildman–Crippen LogP) is 2.14. The van der Waals surface area contributed by atoms with Crippen LogP contribution in [0, 0.1) is 5.41 Å². The van der Waals surface area contributed by atoms with Crippen molar-refractivity contribution in [2.24, 2.45) is 5.41 Å². The first-order valence-corrected chi connectivity index (χ1v) is 7.67. The predicted molar refractivity (Wildman–Crippen MR) is 84.9 cm³/mol. The molecule has 2 rings (SSSR count). The van der Waals surface area contributed by atoms with E-state index in [1.54, 1.807) is 6.92 Å². The van der Waals surface area contributed by atoms with Gasteiger partial charge in [0.1, 0.15) is 9.75 Å². The number of carbonyl (C=O) groups is 3. The molecule has 1 aliphatic rings. The van der Waals surface area contributed by atoms with E-state index in [2.05, 4.69) is 10.6 Å². The van der Waals surface area contributed by atoms with Crippen molar-refractivity contribution in [2.75, 3.05) is 6.61 Å². The van der Waals surface area contributed by atoms with Crippen LogP contribution in [0.15, 0.2) is 30.3 Å². The van der Waals surface area contributed by atoms with E-state index >= 15 is 0 Å². The fourth-order valence-corrected chi connectivity index (χ4v) is 2.59. The van der Waals surface area contributed by atoms with E-state index in [9.17, 15) is 14.4 Å². The van der Waals surface area contributed by atoms with Crippen LogP contribution in [0.2, 0.25) is 0 Å². The summed E-state index contributed by atoms with van der Waals surface area (Å²) in [5.41, 5.74) is -0.116. The summed E-state index contributed by atoms with van der Waals surface area (Å²) in [4.78, 5) is 34.9. The van der Waals surface area contributed by atoms with Gasteiger partial charge < -0.3 is 10.1 Å². The average molecular weight is 359 g/mol. The molecule has 124 valence electrons. The summed E-state index contributed by atoms with van der Waals surface area (Å²) < 4.78 is 3.67. The maximum Gasteiger partial charge on any atom is 0.321 e. The lowest BCUT2D eigenvalue weighted by atomic mass is 10.1. The number of carbonyl (C=O) groups excluding carboxylic acids is 3. The highest BCUT2D eigenvalue weighted by molar-refractivity contribution is 6.53. The molecule has 0 aromatic heterocycles. The van der Waals surface area contributed by atoms with Gasteiger partial charge in [0.25, 0.3) is 5.91 Å². The van der Waals surface area contributed by atoms with Crippen LogP contribution >= 0.6 is 23.2 Å². The fourth-order valence-electron chi connectivity index (χ4n) is 1.90. The summed E-state index contributed by atoms with van der Waals surface area (Å²) in [5.74, 6) is -1.40. The zero-order valence-corrected chi connectivity index (χ0v) is 13.9. The third-order valence-corrected chi connectivity index (χ3v) is 4.69. The Balaban J connectivity index is 1.68. The molecule has 0 spiro atoms. The number of imide groups is 1. The molecule has 1 aliphatic carbocycles. The van der Waals surface area contributed by atoms with Crippen molar-refractivity contribution in [2.45, 2.75) is 24.2 Å². The Morgan fingerprint density at radius 2 is 1.83 bits per heavy atom. The van der Waals surface area contributed by atoms with Crippen LogP contribution in [-0.2, 0) is 20.9 Å². The summed E-state index contributed by atoms with van der Waals surface area (Å²) in [6, 6.07) is 8.54. The lowest BCUT2D eigenvalue weighted by molar-refractivity contribution is -0.153. The van der Waals surface area contributed by atoms with Gasteiger partial charge in [0.15, 0.2) is 6.61 Å². The maximum absolute atomic E-state index is 11.8. The van der Waals surface area contributed by atoms with E-state index in [0.29, 0.717) is 0 Å². The van der Waals surface area contributed by atoms with Crippen LogP contribution in [0.3, 0.4) is 0 Å². The molecule has 0 bridgehead atoms. The van der Waals surface area contributed by atoms with Crippen molar-refractivity contribution >= 4 is 41.1 Å². The van der Waals surface area contributed by atoms with Crippen molar-refractivity contribution in [3.8, 4) is 0 Å². The molecule has 1 aromatic carbocycles. The second-order valence-corrected chi connectivity index (χ2v) is 6.99. The number of amides is 3. The Bertz CT molecular complexity index is 621. The van der Waals surface area contributed by atoms with E-state index in [-0.39, 0.29) is 13.0 Å². The first kappa shape index (κ1) is 17.6. The smallest absolute Gasteiger partial charge is 0.321 e. The van der Waals surface area contributed by atoms with Crippen LogP contribution in [0.1, 0.15) is 18.9 Å². The molecule has 0 saturated heterocycles. The molecule has 1 aromatic rings. The van der Waals surface area contributed by atoms with E-state index in [0.717, 1.165) is 5.56 Å². The van der Waals surface area contributed by atoms with Gasteiger partial charge >= 0.3 is 12.0 Å². The van der Waals surface area contributed by atoms with E-state index < -0.39 is 34.3 Å². The van der Waals surface area contributed by atoms with Crippen LogP contribution < -0.4 is 10.6 Å². The quantitative estimate of drug-likeness (QED) is 0.623. The first-order valence-electron chi connectivity index (χ1n) is 6.91. The number of rotatable bonds is 5. The topological polar surface area (TPSA) is 84.5 Å². The molecular weight excluding hydrogens is 343 g/mol. The summed E-state index contributed by atoms with van der Waals surface area (Å²) >= 11 is 11.7. The Labute approximate surface area is 143 Å². The highest BCUT2D eigenvalue weighted by Crippen LogP contribution is 2.64. The lowest BCUT2D eigenvalue weighted by Crippen LogP contribution is -2.41. The number of nitrogens with one attached hydrogen (secondary N) is 2. The van der Waals surface area contributed by atoms with Crippen LogP contribution in [0.4, 0.5) is 4.79 Å². The molecule has 1 saturated carbocycles. The van der Waals surface area contributed by atoms with Crippen LogP contribution in [0.25, 0.3) is 0 Å². The van der Waals surface area contributed by atoms with Crippen molar-refractivity contribution in [3.05, 3.63) is 35.9 Å². The molecule has 1 fully saturated rings. The number of alkyl halides is 2. The molecule has 8 heteroatoms. The standard InChI is InChI=1S/C15H16Cl2N2O4/c1-14(9-15(14,16)17)12(21)23-8-11(20)19-13(22)18-7-10-5-3-2-4-6-10/h2-6H,7-9H2,1H3,(H2,18,19,20,22)/t14-/m0/s1. The summed E-state index contributed by atoms with van der Waals surface area (Å²) in [5, 5.41) is 4.59. The van der Waals surface area contributed by atoms with Gasteiger partial charge in [-0.05, 0) is 12.5 Å². The molecule has 3 amide bonds. The molecule has 0 aliphatic heterocycles. The number of benzene rings is 1. The number of urea groups is 1. The third-order valence-electron chi connectivity index (χ3n) is 3.59. The van der Waals surface area contributed by atoms with Crippen LogP contribution in [-0.4, -0.2) is 28.8 Å². The molecular formula is C15H16Cl2N2O4. The Morgan fingerprint density at radius 3 is 2.39 bits per heavy atom. The number of hydrogen-bond acceptors (Lipinski definition) is 4. The van der Waals surface area contributed by atoms with Gasteiger partial charge in [-0.2, -0.15) is 0 Å². The SMILES string of the molecule is C[C@@]1(C(=O)OCC(=O)NC(=O)NCc2ccccc2)CC1(Cl)Cl. The van der Waals surface area contributed by atoms with Gasteiger partial charge in [-0.25, -0.2) is 4.79 Å². The second kappa shape index (κ2) is 6.76. The number of halogens is 2. The zero-order valence-electron chi connectivity index (χ0n) is 12.4. The second-order valence-electron chi connectivity index (χ2n) is 5.51. The minimum atomic E-state index is -1.16. The first-order chi connectivity index (χ1) is 10.7. The molecule has 0 unspecified atom stereocenters. The van der Waals surface area contributed by atoms with Gasteiger partial charge in [-0.1, -0.05) is 30.3 Å². The summed E-state index contributed by atoms with van der Waals surface area (Å²) in [7, 11) is 0. The summed E-state index contributed by atoms with van der Waals surface area (Å²) in [6.45, 7) is 1.26. The third kappa shape index (κ3) is 4.36. The Morgan fingerprint density at radius 1 is 1.22 bits per heavy atom. The highest BCUT2D eigenvalue weighted by atomic mass is 35.5. The number of hydrogen-bond donors (Lipinski definition) is 2. The molecule has 0 radical (unpaired) electrons. The monoisotopic (exact) mass is 358 g/mol. The summed E-state index contributed by atoms with van der Waals surface area (Å²) in [6.07, 6.45) is 0.265. The van der Waals surface area contributed by atoms with E-state index in [1.165, 1.54) is 0 Å². The minimum absolute atomic E-state index is 0.265. The van der Waals surface area contributed by atoms with Crippen molar-refractivity contribution in [3.63, 3.8) is 0 Å². The molecule has 6 nitrogen and oxygen atoms in total. The average Bonchev–Trinajstić information content (AvgIpc) is 3.03. The molecule has 0 heterocycles. The van der Waals surface area contributed by atoms with Crippen molar-refractivity contribution in [1.29, 1.82) is 0 Å². The lowest BCUT2D eigenvalue weighted by Gasteiger charge is -2.11. The zero-order chi connectivity index (χ0) is 17.1. The number of ether oxygens (including phenoxy) is 1. The van der Waals surface area contributed by atoms with Crippen LogP contribution in [0.5, 0.6) is 0 Å².